The molecule has 42 heavy (non-hydrogen) atoms. The first kappa shape index (κ1) is 37.1. The first-order chi connectivity index (χ1) is 20.0. The highest BCUT2D eigenvalue weighted by molar-refractivity contribution is 6.01. The Balaban J connectivity index is 2.09. The van der Waals surface area contributed by atoms with Crippen LogP contribution in [0.5, 0.6) is 0 Å². The second kappa shape index (κ2) is 21.7. The van der Waals surface area contributed by atoms with Crippen molar-refractivity contribution >= 4 is 35.3 Å². The lowest BCUT2D eigenvalue weighted by Gasteiger charge is -2.23. The Labute approximate surface area is 247 Å². The third-order valence-electron chi connectivity index (χ3n) is 6.58. The molecule has 1 rings (SSSR count). The number of ether oxygens (including phenoxy) is 4. The number of amides is 5. The van der Waals surface area contributed by atoms with Crippen LogP contribution in [0.3, 0.4) is 0 Å². The number of likely N-dealkylation sites (tertiary alicyclic amines) is 1. The van der Waals surface area contributed by atoms with Crippen molar-refractivity contribution in [2.75, 3.05) is 65.9 Å². The Hall–Kier alpha value is -2.94. The fourth-order valence-electron chi connectivity index (χ4n) is 4.20. The summed E-state index contributed by atoms with van der Waals surface area (Å²) in [6.45, 7) is 8.18. The van der Waals surface area contributed by atoms with Gasteiger partial charge in [-0.25, -0.2) is 4.79 Å². The van der Waals surface area contributed by atoms with E-state index in [1.807, 2.05) is 13.8 Å². The van der Waals surface area contributed by atoms with Crippen LogP contribution in [0, 0.1) is 11.8 Å². The van der Waals surface area contributed by atoms with Crippen LogP contribution < -0.4 is 16.4 Å². The number of imide groups is 1. The van der Waals surface area contributed by atoms with E-state index in [1.165, 1.54) is 11.8 Å². The average molecular weight is 601 g/mol. The number of carbonyl (C=O) groups excluding carboxylic acids is 6. The molecule has 1 aliphatic rings. The molecule has 4 N–H and O–H groups in total. The van der Waals surface area contributed by atoms with E-state index in [4.69, 9.17) is 24.7 Å². The Morgan fingerprint density at radius 1 is 0.857 bits per heavy atom. The Kier molecular flexibility index (Phi) is 19.2. The van der Waals surface area contributed by atoms with Crippen molar-refractivity contribution in [3.63, 3.8) is 0 Å². The maximum atomic E-state index is 12.9. The zero-order valence-electron chi connectivity index (χ0n) is 25.2. The minimum absolute atomic E-state index is 0.0165. The summed E-state index contributed by atoms with van der Waals surface area (Å²) in [6, 6.07) is -1.35. The van der Waals surface area contributed by atoms with Crippen LogP contribution in [0.4, 0.5) is 4.79 Å². The summed E-state index contributed by atoms with van der Waals surface area (Å²) in [5.41, 5.74) is 5.04. The first-order valence-electron chi connectivity index (χ1n) is 14.5. The number of carbonyl (C=O) groups is 6. The lowest BCUT2D eigenvalue weighted by Crippen LogP contribution is -2.45. The van der Waals surface area contributed by atoms with Crippen molar-refractivity contribution in [1.82, 2.24) is 15.5 Å². The molecule has 5 amide bonds. The molecule has 240 valence electrons. The van der Waals surface area contributed by atoms with Crippen LogP contribution in [0.15, 0.2) is 0 Å². The highest BCUT2D eigenvalue weighted by Crippen LogP contribution is 2.17. The lowest BCUT2D eigenvalue weighted by molar-refractivity contribution is -0.139. The van der Waals surface area contributed by atoms with Gasteiger partial charge < -0.3 is 35.3 Å². The standard InChI is InChI=1S/C28H48N4O10/c1-20(2)27(23(34)19-22(21(3)33)5-4-9-30-28(29)38)31-24(35)8-11-39-13-15-41-17-18-42-16-14-40-12-10-32-25(36)6-7-26(32)37/h20,22,27H,4-19H2,1-3H3,(H,31,35)(H3,29,30,38)/t22-,27+/m1/s1. The van der Waals surface area contributed by atoms with Crippen LogP contribution in [0.2, 0.25) is 0 Å². The first-order valence-corrected chi connectivity index (χ1v) is 14.5. The molecule has 0 aromatic heterocycles. The maximum Gasteiger partial charge on any atom is 0.312 e. The number of primary amides is 1. The van der Waals surface area contributed by atoms with Gasteiger partial charge in [0.05, 0.1) is 65.4 Å². The van der Waals surface area contributed by atoms with E-state index < -0.39 is 18.0 Å². The molecular weight excluding hydrogens is 552 g/mol. The molecule has 1 aliphatic heterocycles. The minimum Gasteiger partial charge on any atom is -0.379 e. The van der Waals surface area contributed by atoms with Gasteiger partial charge in [0.2, 0.25) is 17.7 Å². The van der Waals surface area contributed by atoms with E-state index in [2.05, 4.69) is 10.6 Å². The maximum absolute atomic E-state index is 12.9. The van der Waals surface area contributed by atoms with Gasteiger partial charge in [0.15, 0.2) is 5.78 Å². The minimum atomic E-state index is -0.713. The summed E-state index contributed by atoms with van der Waals surface area (Å²) in [5, 5.41) is 5.22. The van der Waals surface area contributed by atoms with Gasteiger partial charge in [-0.2, -0.15) is 0 Å². The molecule has 0 saturated carbocycles. The molecule has 0 radical (unpaired) electrons. The van der Waals surface area contributed by atoms with Gasteiger partial charge in [-0.05, 0) is 25.7 Å². The average Bonchev–Trinajstić information content (AvgIpc) is 3.25. The summed E-state index contributed by atoms with van der Waals surface area (Å²) in [5.74, 6) is -1.59. The van der Waals surface area contributed by atoms with E-state index in [-0.39, 0.29) is 80.6 Å². The number of nitrogens with one attached hydrogen (secondary N) is 2. The number of urea groups is 1. The molecular formula is C28H48N4O10. The SMILES string of the molecule is CC(=O)[C@H](CCCNC(N)=O)CC(=O)[C@@H](NC(=O)CCOCCOCCOCCOCCN1C(=O)CCC1=O)C(C)C. The molecule has 14 nitrogen and oxygen atoms in total. The normalized spacial score (nSPS) is 14.7. The molecule has 0 spiro atoms. The smallest absolute Gasteiger partial charge is 0.312 e. The zero-order chi connectivity index (χ0) is 31.3. The van der Waals surface area contributed by atoms with Gasteiger partial charge >= 0.3 is 6.03 Å². The van der Waals surface area contributed by atoms with Crippen molar-refractivity contribution in [2.45, 2.75) is 65.3 Å². The molecule has 0 unspecified atom stereocenters. The molecule has 1 fully saturated rings. The Bertz CT molecular complexity index is 867. The van der Waals surface area contributed by atoms with E-state index in [0.29, 0.717) is 59.0 Å². The highest BCUT2D eigenvalue weighted by Gasteiger charge is 2.29. The Morgan fingerprint density at radius 3 is 1.88 bits per heavy atom. The molecule has 0 aromatic rings. The van der Waals surface area contributed by atoms with Crippen molar-refractivity contribution in [3.8, 4) is 0 Å². The predicted octanol–water partition coefficient (Wildman–Crippen LogP) is 0.346. The topological polar surface area (TPSA) is 193 Å². The summed E-state index contributed by atoms with van der Waals surface area (Å²) < 4.78 is 21.6. The fourth-order valence-corrected chi connectivity index (χ4v) is 4.20. The van der Waals surface area contributed by atoms with Gasteiger partial charge in [-0.15, -0.1) is 0 Å². The van der Waals surface area contributed by atoms with Gasteiger partial charge in [-0.3, -0.25) is 28.9 Å². The number of hydrogen-bond acceptors (Lipinski definition) is 10. The highest BCUT2D eigenvalue weighted by atomic mass is 16.6. The Morgan fingerprint density at radius 2 is 1.38 bits per heavy atom. The van der Waals surface area contributed by atoms with Crippen LogP contribution in [-0.2, 0) is 42.9 Å². The van der Waals surface area contributed by atoms with Gasteiger partial charge in [-0.1, -0.05) is 13.8 Å². The zero-order valence-corrected chi connectivity index (χ0v) is 25.2. The number of nitrogens with two attached hydrogens (primary N) is 1. The van der Waals surface area contributed by atoms with E-state index in [0.717, 1.165) is 0 Å². The second-order valence-electron chi connectivity index (χ2n) is 10.3. The largest absolute Gasteiger partial charge is 0.379 e. The van der Waals surface area contributed by atoms with Crippen LogP contribution in [0.1, 0.15) is 59.3 Å². The van der Waals surface area contributed by atoms with E-state index >= 15 is 0 Å². The van der Waals surface area contributed by atoms with Gasteiger partial charge in [0, 0.05) is 38.1 Å². The number of ketones is 2. The van der Waals surface area contributed by atoms with Crippen LogP contribution >= 0.6 is 0 Å². The summed E-state index contributed by atoms with van der Waals surface area (Å²) >= 11 is 0. The number of Topliss-reactive ketones (excluding diaryl/α,β-unsaturated/α-hetero) is 2. The predicted molar refractivity (Wildman–Crippen MR) is 151 cm³/mol. The van der Waals surface area contributed by atoms with Crippen molar-refractivity contribution in [3.05, 3.63) is 0 Å². The summed E-state index contributed by atoms with van der Waals surface area (Å²) in [4.78, 5) is 72.3. The number of hydrogen-bond donors (Lipinski definition) is 3. The number of rotatable bonds is 25. The summed E-state index contributed by atoms with van der Waals surface area (Å²) in [7, 11) is 0. The molecule has 0 aromatic carbocycles. The van der Waals surface area contributed by atoms with Crippen molar-refractivity contribution in [1.29, 1.82) is 0 Å². The second-order valence-corrected chi connectivity index (χ2v) is 10.3. The lowest BCUT2D eigenvalue weighted by atomic mass is 9.88. The summed E-state index contributed by atoms with van der Waals surface area (Å²) in [6.07, 6.45) is 1.59. The van der Waals surface area contributed by atoms with Crippen molar-refractivity contribution in [2.24, 2.45) is 17.6 Å². The molecule has 1 saturated heterocycles. The van der Waals surface area contributed by atoms with Crippen LogP contribution in [-0.4, -0.2) is 112 Å². The van der Waals surface area contributed by atoms with E-state index in [1.54, 1.807) is 0 Å². The third-order valence-corrected chi connectivity index (χ3v) is 6.58. The van der Waals surface area contributed by atoms with Gasteiger partial charge in [0.1, 0.15) is 5.78 Å². The molecule has 1 heterocycles. The fraction of sp³-hybridized carbons (Fsp3) is 0.786. The van der Waals surface area contributed by atoms with Crippen molar-refractivity contribution < 1.29 is 47.7 Å². The quantitative estimate of drug-likeness (QED) is 0.0972. The molecule has 0 aliphatic carbocycles. The molecule has 0 bridgehead atoms. The monoisotopic (exact) mass is 600 g/mol. The third kappa shape index (κ3) is 16.5. The molecule has 14 heteroatoms. The molecule has 2 atom stereocenters. The number of nitrogens with zero attached hydrogens (tertiary/aromatic N) is 1. The van der Waals surface area contributed by atoms with Crippen LogP contribution in [0.25, 0.3) is 0 Å². The van der Waals surface area contributed by atoms with E-state index in [9.17, 15) is 28.8 Å². The van der Waals surface area contributed by atoms with Gasteiger partial charge in [0.25, 0.3) is 0 Å².